The fourth-order valence-corrected chi connectivity index (χ4v) is 4.92. The molecule has 0 bridgehead atoms. The number of H-pyrrole nitrogens is 2. The van der Waals surface area contributed by atoms with E-state index in [1.807, 2.05) is 30.3 Å². The highest BCUT2D eigenvalue weighted by Gasteiger charge is 2.25. The maximum Gasteiger partial charge on any atom is 0.160 e. The van der Waals surface area contributed by atoms with Crippen molar-refractivity contribution in [2.45, 2.75) is 25.5 Å². The van der Waals surface area contributed by atoms with Crippen LogP contribution in [0, 0.1) is 11.7 Å². The average molecular weight is 507 g/mol. The first-order chi connectivity index (χ1) is 18.6. The van der Waals surface area contributed by atoms with Crippen LogP contribution in [0.2, 0.25) is 0 Å². The minimum absolute atomic E-state index is 0.248. The molecule has 7 rings (SSSR count). The van der Waals surface area contributed by atoms with Crippen LogP contribution in [0.25, 0.3) is 55.8 Å². The molecule has 9 nitrogen and oxygen atoms in total. The number of rotatable bonds is 6. The number of nitrogens with one attached hydrogen (secondary N) is 3. The van der Waals surface area contributed by atoms with E-state index in [9.17, 15) is 5.11 Å². The molecule has 0 radical (unpaired) electrons. The highest BCUT2D eigenvalue weighted by Crippen LogP contribution is 2.35. The Balaban J connectivity index is 1.29. The van der Waals surface area contributed by atoms with Crippen LogP contribution >= 0.6 is 0 Å². The zero-order valence-electron chi connectivity index (χ0n) is 20.2. The molecule has 6 aromatic rings. The fraction of sp³-hybridized carbons (Fsp3) is 0.179. The first-order valence-electron chi connectivity index (χ1n) is 12.5. The third kappa shape index (κ3) is 3.86. The molecule has 1 aromatic carbocycles. The molecule has 1 atom stereocenters. The van der Waals surface area contributed by atoms with Crippen LogP contribution < -0.4 is 5.32 Å². The number of hydrogen-bond acceptors (Lipinski definition) is 7. The fourth-order valence-electron chi connectivity index (χ4n) is 4.92. The molecule has 0 amide bonds. The van der Waals surface area contributed by atoms with Gasteiger partial charge >= 0.3 is 0 Å². The molecular weight excluding hydrogens is 483 g/mol. The second kappa shape index (κ2) is 9.00. The van der Waals surface area contributed by atoms with Gasteiger partial charge in [-0.1, -0.05) is 12.5 Å². The highest BCUT2D eigenvalue weighted by atomic mass is 19.1. The Kier molecular flexibility index (Phi) is 5.33. The van der Waals surface area contributed by atoms with E-state index in [1.165, 1.54) is 6.07 Å². The largest absolute Gasteiger partial charge is 0.374 e. The van der Waals surface area contributed by atoms with Gasteiger partial charge < -0.3 is 15.4 Å². The normalized spacial score (nSPS) is 14.6. The minimum Gasteiger partial charge on any atom is -0.374 e. The lowest BCUT2D eigenvalue weighted by Gasteiger charge is -2.31. The summed E-state index contributed by atoms with van der Waals surface area (Å²) >= 11 is 0. The zero-order valence-corrected chi connectivity index (χ0v) is 20.2. The van der Waals surface area contributed by atoms with E-state index in [0.29, 0.717) is 44.9 Å². The SMILES string of the molecule is OC(Nc1cncc(-c2cc(F)c3[nH]nc(-c4nc5c(-c6cccnc6)ccnc5[nH]4)c3c2)c1)C1CCC1. The lowest BCUT2D eigenvalue weighted by atomic mass is 9.84. The molecule has 1 aliphatic carbocycles. The summed E-state index contributed by atoms with van der Waals surface area (Å²) in [5, 5.41) is 21.3. The number of pyridine rings is 3. The van der Waals surface area contributed by atoms with E-state index in [0.717, 1.165) is 30.4 Å². The molecule has 1 unspecified atom stereocenters. The molecule has 0 spiro atoms. The summed E-state index contributed by atoms with van der Waals surface area (Å²) in [6, 6.07) is 10.9. The topological polar surface area (TPSA) is 128 Å². The lowest BCUT2D eigenvalue weighted by Crippen LogP contribution is -2.33. The van der Waals surface area contributed by atoms with Gasteiger partial charge in [-0.3, -0.25) is 15.1 Å². The van der Waals surface area contributed by atoms with E-state index < -0.39 is 12.0 Å². The van der Waals surface area contributed by atoms with E-state index in [1.54, 1.807) is 31.0 Å². The number of imidazole rings is 1. The second-order valence-electron chi connectivity index (χ2n) is 9.58. The quantitative estimate of drug-likeness (QED) is 0.226. The van der Waals surface area contributed by atoms with Gasteiger partial charge in [0.05, 0.1) is 11.9 Å². The number of aliphatic hydroxyl groups is 1. The molecule has 188 valence electrons. The number of anilines is 1. The Morgan fingerprint density at radius 2 is 1.89 bits per heavy atom. The molecule has 10 heteroatoms. The molecule has 5 aromatic heterocycles. The first-order valence-corrected chi connectivity index (χ1v) is 12.5. The minimum atomic E-state index is -0.626. The summed E-state index contributed by atoms with van der Waals surface area (Å²) < 4.78 is 15.2. The first kappa shape index (κ1) is 22.5. The maximum absolute atomic E-state index is 15.2. The van der Waals surface area contributed by atoms with Gasteiger partial charge in [0.1, 0.15) is 28.8 Å². The summed E-state index contributed by atoms with van der Waals surface area (Å²) in [6.07, 6.45) is 11.1. The summed E-state index contributed by atoms with van der Waals surface area (Å²) in [7, 11) is 0. The molecule has 1 fully saturated rings. The van der Waals surface area contributed by atoms with Crippen LogP contribution in [0.15, 0.2) is 67.4 Å². The number of aliphatic hydroxyl groups excluding tert-OH is 1. The van der Waals surface area contributed by atoms with E-state index >= 15 is 4.39 Å². The number of halogens is 1. The van der Waals surface area contributed by atoms with Gasteiger partial charge in [-0.15, -0.1) is 0 Å². The number of benzene rings is 1. The standard InChI is InChI=1S/C28H23FN8O/c29-22-11-17(18-9-19(14-31-13-18)33-28(38)15-3-1-4-15)10-21-23(22)36-37-25(21)27-34-24-20(6-8-32-26(24)35-27)16-5-2-7-30-12-16/h2,5-15,28,33,38H,1,3-4H2,(H,36,37)(H,32,34,35). The van der Waals surface area contributed by atoms with Crippen LogP contribution in [-0.2, 0) is 0 Å². The summed E-state index contributed by atoms with van der Waals surface area (Å²) in [5.74, 6) is 0.288. The summed E-state index contributed by atoms with van der Waals surface area (Å²) in [6.45, 7) is 0. The molecule has 4 N–H and O–H groups in total. The van der Waals surface area contributed by atoms with Crippen molar-refractivity contribution in [1.29, 1.82) is 0 Å². The number of fused-ring (bicyclic) bond motifs is 2. The molecule has 0 saturated heterocycles. The van der Waals surface area contributed by atoms with Gasteiger partial charge in [0.25, 0.3) is 0 Å². The van der Waals surface area contributed by atoms with Crippen LogP contribution in [0.3, 0.4) is 0 Å². The second-order valence-corrected chi connectivity index (χ2v) is 9.58. The van der Waals surface area contributed by atoms with Crippen LogP contribution in [0.5, 0.6) is 0 Å². The highest BCUT2D eigenvalue weighted by molar-refractivity contribution is 5.97. The van der Waals surface area contributed by atoms with Crippen LogP contribution in [-0.4, -0.2) is 46.5 Å². The van der Waals surface area contributed by atoms with Crippen molar-refractivity contribution in [2.75, 3.05) is 5.32 Å². The van der Waals surface area contributed by atoms with Crippen molar-refractivity contribution >= 4 is 27.8 Å². The number of nitrogens with zero attached hydrogens (tertiary/aromatic N) is 5. The van der Waals surface area contributed by atoms with Crippen molar-refractivity contribution in [3.63, 3.8) is 0 Å². The maximum atomic E-state index is 15.2. The average Bonchev–Trinajstić information content (AvgIpc) is 3.52. The number of aromatic amines is 2. The predicted molar refractivity (Wildman–Crippen MR) is 142 cm³/mol. The smallest absolute Gasteiger partial charge is 0.160 e. The van der Waals surface area contributed by atoms with Crippen LogP contribution in [0.1, 0.15) is 19.3 Å². The number of hydrogen-bond donors (Lipinski definition) is 4. The van der Waals surface area contributed by atoms with E-state index in [4.69, 9.17) is 4.98 Å². The van der Waals surface area contributed by atoms with Gasteiger partial charge in [0.15, 0.2) is 11.5 Å². The molecule has 5 heterocycles. The zero-order chi connectivity index (χ0) is 25.6. The van der Waals surface area contributed by atoms with E-state index in [2.05, 4.69) is 35.5 Å². The summed E-state index contributed by atoms with van der Waals surface area (Å²) in [4.78, 5) is 21.0. The predicted octanol–water partition coefficient (Wildman–Crippen LogP) is 5.29. The van der Waals surface area contributed by atoms with Crippen molar-refractivity contribution in [1.82, 2.24) is 35.1 Å². The van der Waals surface area contributed by atoms with Crippen molar-refractivity contribution in [3.05, 3.63) is 73.2 Å². The van der Waals surface area contributed by atoms with Gasteiger partial charge in [0.2, 0.25) is 0 Å². The Labute approximate surface area is 216 Å². The Morgan fingerprint density at radius 3 is 2.71 bits per heavy atom. The van der Waals surface area contributed by atoms with Crippen molar-refractivity contribution < 1.29 is 9.50 Å². The van der Waals surface area contributed by atoms with Crippen LogP contribution in [0.4, 0.5) is 10.1 Å². The molecule has 1 aliphatic rings. The van der Waals surface area contributed by atoms with Crippen molar-refractivity contribution in [3.8, 4) is 33.8 Å². The third-order valence-corrected chi connectivity index (χ3v) is 7.19. The molecule has 38 heavy (non-hydrogen) atoms. The Morgan fingerprint density at radius 1 is 1.00 bits per heavy atom. The lowest BCUT2D eigenvalue weighted by molar-refractivity contribution is 0.0851. The van der Waals surface area contributed by atoms with Gasteiger partial charge in [0, 0.05) is 52.8 Å². The molecule has 1 saturated carbocycles. The number of aromatic nitrogens is 7. The molecule has 0 aliphatic heterocycles. The Bertz CT molecular complexity index is 1780. The summed E-state index contributed by atoms with van der Waals surface area (Å²) in [5.41, 5.74) is 5.88. The third-order valence-electron chi connectivity index (χ3n) is 7.19. The van der Waals surface area contributed by atoms with Crippen molar-refractivity contribution in [2.24, 2.45) is 5.92 Å². The molecular formula is C28H23FN8O. The van der Waals surface area contributed by atoms with Gasteiger partial charge in [-0.05, 0) is 48.7 Å². The monoisotopic (exact) mass is 506 g/mol. The van der Waals surface area contributed by atoms with Gasteiger partial charge in [-0.2, -0.15) is 5.10 Å². The Hall–Kier alpha value is -4.70. The van der Waals surface area contributed by atoms with E-state index in [-0.39, 0.29) is 11.4 Å². The van der Waals surface area contributed by atoms with Gasteiger partial charge in [-0.25, -0.2) is 14.4 Å².